The summed E-state index contributed by atoms with van der Waals surface area (Å²) in [5.74, 6) is -2.23. The Morgan fingerprint density at radius 3 is 2.37 bits per heavy atom. The molecule has 0 bridgehead atoms. The molecule has 0 radical (unpaired) electrons. The van der Waals surface area contributed by atoms with Crippen LogP contribution in [0.2, 0.25) is 0 Å². The first-order chi connectivity index (χ1) is 8.97. The summed E-state index contributed by atoms with van der Waals surface area (Å²) in [7, 11) is 0. The highest BCUT2D eigenvalue weighted by molar-refractivity contribution is 5.95. The van der Waals surface area contributed by atoms with Crippen molar-refractivity contribution in [2.24, 2.45) is 5.92 Å². The van der Waals surface area contributed by atoms with Gasteiger partial charge in [0.1, 0.15) is 11.5 Å². The lowest BCUT2D eigenvalue weighted by molar-refractivity contribution is -0.143. The summed E-state index contributed by atoms with van der Waals surface area (Å²) in [4.78, 5) is 24.6. The first-order valence-corrected chi connectivity index (χ1v) is 6.02. The number of carbonyl (C=O) groups excluding carboxylic acids is 1. The van der Waals surface area contributed by atoms with Gasteiger partial charge in [0, 0.05) is 24.7 Å². The third kappa shape index (κ3) is 2.96. The van der Waals surface area contributed by atoms with Gasteiger partial charge in [0.2, 0.25) is 0 Å². The molecule has 1 heterocycles. The minimum atomic E-state index is -0.906. The average Bonchev–Trinajstić information content (AvgIpc) is 2.37. The molecule has 1 aromatic carbocycles. The molecule has 6 nitrogen and oxygen atoms in total. The Kier molecular flexibility index (Phi) is 3.59. The lowest BCUT2D eigenvalue weighted by Crippen LogP contribution is -2.42. The smallest absolute Gasteiger partial charge is 0.308 e. The van der Waals surface area contributed by atoms with Gasteiger partial charge in [-0.05, 0) is 25.0 Å². The first-order valence-electron chi connectivity index (χ1n) is 6.02. The minimum absolute atomic E-state index is 0.156. The zero-order valence-electron chi connectivity index (χ0n) is 10.2. The van der Waals surface area contributed by atoms with E-state index in [9.17, 15) is 19.8 Å². The highest BCUT2D eigenvalue weighted by Gasteiger charge is 2.28. The Morgan fingerprint density at radius 1 is 1.16 bits per heavy atom. The molecule has 1 aliphatic rings. The molecular weight excluding hydrogens is 250 g/mol. The van der Waals surface area contributed by atoms with Crippen LogP contribution >= 0.6 is 0 Å². The number of carbonyl (C=O) groups is 2. The number of piperidine rings is 1. The van der Waals surface area contributed by atoms with Crippen LogP contribution in [0.1, 0.15) is 23.2 Å². The molecule has 3 N–H and O–H groups in total. The van der Waals surface area contributed by atoms with Crippen molar-refractivity contribution < 1.29 is 24.9 Å². The van der Waals surface area contributed by atoms with E-state index in [1.165, 1.54) is 17.0 Å². The molecule has 1 aromatic rings. The van der Waals surface area contributed by atoms with E-state index in [4.69, 9.17) is 5.11 Å². The van der Waals surface area contributed by atoms with Crippen molar-refractivity contribution in [1.82, 2.24) is 4.90 Å². The monoisotopic (exact) mass is 265 g/mol. The third-order valence-corrected chi connectivity index (χ3v) is 3.21. The first kappa shape index (κ1) is 13.2. The number of likely N-dealkylation sites (tertiary alicyclic amines) is 1. The number of aliphatic carboxylic acids is 1. The average molecular weight is 265 g/mol. The second-order valence-corrected chi connectivity index (χ2v) is 4.67. The van der Waals surface area contributed by atoms with Crippen molar-refractivity contribution in [3.8, 4) is 11.5 Å². The van der Waals surface area contributed by atoms with Crippen molar-refractivity contribution >= 4 is 11.9 Å². The van der Waals surface area contributed by atoms with Gasteiger partial charge in [-0.25, -0.2) is 0 Å². The summed E-state index contributed by atoms with van der Waals surface area (Å²) >= 11 is 0. The fourth-order valence-corrected chi connectivity index (χ4v) is 2.26. The summed E-state index contributed by atoms with van der Waals surface area (Å²) in [6.45, 7) is 0.642. The number of benzene rings is 1. The molecule has 0 spiro atoms. The van der Waals surface area contributed by atoms with Gasteiger partial charge in [-0.15, -0.1) is 0 Å². The Labute approximate surface area is 109 Å². The topological polar surface area (TPSA) is 98.1 Å². The number of hydrogen-bond donors (Lipinski definition) is 3. The second-order valence-electron chi connectivity index (χ2n) is 4.67. The summed E-state index contributed by atoms with van der Waals surface area (Å²) in [6, 6.07) is 3.64. The molecule has 2 rings (SSSR count). The highest BCUT2D eigenvalue weighted by atomic mass is 16.4. The molecule has 1 saturated heterocycles. The molecular formula is C13H15NO5. The maximum atomic E-state index is 12.2. The van der Waals surface area contributed by atoms with Crippen molar-refractivity contribution in [2.45, 2.75) is 12.8 Å². The standard InChI is InChI=1S/C13H15NO5/c15-10-4-9(5-11(16)6-10)12(17)14-3-1-2-8(7-14)13(18)19/h4-6,8,15-16H,1-3,7H2,(H,18,19). The van der Waals surface area contributed by atoms with Gasteiger partial charge in [-0.3, -0.25) is 9.59 Å². The molecule has 1 fully saturated rings. The van der Waals surface area contributed by atoms with E-state index >= 15 is 0 Å². The SMILES string of the molecule is O=C(O)C1CCCN(C(=O)c2cc(O)cc(O)c2)C1. The number of rotatable bonds is 2. The predicted octanol–water partition coefficient (Wildman–Crippen LogP) is 1.03. The number of nitrogens with zero attached hydrogens (tertiary/aromatic N) is 1. The summed E-state index contributed by atoms with van der Waals surface area (Å²) in [6.07, 6.45) is 1.19. The van der Waals surface area contributed by atoms with Crippen molar-refractivity contribution in [3.05, 3.63) is 23.8 Å². The van der Waals surface area contributed by atoms with E-state index < -0.39 is 11.9 Å². The molecule has 0 aromatic heterocycles. The number of hydrogen-bond acceptors (Lipinski definition) is 4. The van der Waals surface area contributed by atoms with E-state index in [1.54, 1.807) is 0 Å². The zero-order valence-corrected chi connectivity index (χ0v) is 10.2. The second kappa shape index (κ2) is 5.17. The van der Waals surface area contributed by atoms with E-state index in [2.05, 4.69) is 0 Å². The van der Waals surface area contributed by atoms with Crippen LogP contribution < -0.4 is 0 Å². The molecule has 1 amide bonds. The lowest BCUT2D eigenvalue weighted by Gasteiger charge is -2.30. The Morgan fingerprint density at radius 2 is 1.79 bits per heavy atom. The van der Waals surface area contributed by atoms with Crippen molar-refractivity contribution in [2.75, 3.05) is 13.1 Å². The fraction of sp³-hybridized carbons (Fsp3) is 0.385. The van der Waals surface area contributed by atoms with Crippen LogP contribution in [0.25, 0.3) is 0 Å². The van der Waals surface area contributed by atoms with Crippen molar-refractivity contribution in [1.29, 1.82) is 0 Å². The maximum absolute atomic E-state index is 12.2. The summed E-state index contributed by atoms with van der Waals surface area (Å²) in [5.41, 5.74) is 0.156. The maximum Gasteiger partial charge on any atom is 0.308 e. The largest absolute Gasteiger partial charge is 0.508 e. The van der Waals surface area contributed by atoms with E-state index in [-0.39, 0.29) is 29.5 Å². The summed E-state index contributed by atoms with van der Waals surface area (Å²) in [5, 5.41) is 27.7. The number of carboxylic acid groups (broad SMARTS) is 1. The predicted molar refractivity (Wildman–Crippen MR) is 66.0 cm³/mol. The number of aromatic hydroxyl groups is 2. The fourth-order valence-electron chi connectivity index (χ4n) is 2.26. The molecule has 19 heavy (non-hydrogen) atoms. The number of carboxylic acids is 1. The number of phenols is 2. The van der Waals surface area contributed by atoms with Crippen LogP contribution in [0.4, 0.5) is 0 Å². The Balaban J connectivity index is 2.16. The van der Waals surface area contributed by atoms with Gasteiger partial charge in [0.05, 0.1) is 5.92 Å². The normalized spacial score (nSPS) is 19.2. The van der Waals surface area contributed by atoms with Gasteiger partial charge >= 0.3 is 5.97 Å². The molecule has 6 heteroatoms. The third-order valence-electron chi connectivity index (χ3n) is 3.21. The molecule has 0 aliphatic carbocycles. The van der Waals surface area contributed by atoms with Gasteiger partial charge in [-0.1, -0.05) is 0 Å². The number of phenolic OH excluding ortho intramolecular Hbond substituents is 2. The summed E-state index contributed by atoms with van der Waals surface area (Å²) < 4.78 is 0. The van der Waals surface area contributed by atoms with Gasteiger partial charge in [0.15, 0.2) is 0 Å². The molecule has 1 unspecified atom stereocenters. The molecule has 0 saturated carbocycles. The number of amides is 1. The van der Waals surface area contributed by atoms with Crippen LogP contribution in [0.5, 0.6) is 11.5 Å². The van der Waals surface area contributed by atoms with Crippen LogP contribution in [-0.4, -0.2) is 45.2 Å². The Bertz CT molecular complexity index is 494. The molecule has 1 aliphatic heterocycles. The van der Waals surface area contributed by atoms with Gasteiger partial charge < -0.3 is 20.2 Å². The quantitative estimate of drug-likeness (QED) is 0.742. The van der Waals surface area contributed by atoms with E-state index in [0.29, 0.717) is 19.4 Å². The minimum Gasteiger partial charge on any atom is -0.508 e. The molecule has 102 valence electrons. The van der Waals surface area contributed by atoms with Crippen LogP contribution in [-0.2, 0) is 4.79 Å². The van der Waals surface area contributed by atoms with Gasteiger partial charge in [-0.2, -0.15) is 0 Å². The highest BCUT2D eigenvalue weighted by Crippen LogP contribution is 2.24. The Hall–Kier alpha value is -2.24. The van der Waals surface area contributed by atoms with Crippen LogP contribution in [0.3, 0.4) is 0 Å². The van der Waals surface area contributed by atoms with Crippen LogP contribution in [0, 0.1) is 5.92 Å². The van der Waals surface area contributed by atoms with Crippen LogP contribution in [0.15, 0.2) is 18.2 Å². The van der Waals surface area contributed by atoms with E-state index in [0.717, 1.165) is 6.07 Å². The van der Waals surface area contributed by atoms with Crippen molar-refractivity contribution in [3.63, 3.8) is 0 Å². The van der Waals surface area contributed by atoms with Gasteiger partial charge in [0.25, 0.3) is 5.91 Å². The zero-order chi connectivity index (χ0) is 14.0. The lowest BCUT2D eigenvalue weighted by atomic mass is 9.97. The van der Waals surface area contributed by atoms with E-state index in [1.807, 2.05) is 0 Å². The molecule has 1 atom stereocenters.